The van der Waals surface area contributed by atoms with Crippen molar-refractivity contribution < 1.29 is 14.3 Å². The summed E-state index contributed by atoms with van der Waals surface area (Å²) in [4.78, 5) is 29.1. The highest BCUT2D eigenvalue weighted by Crippen LogP contribution is 2.24. The molecule has 0 bridgehead atoms. The Labute approximate surface area is 160 Å². The quantitative estimate of drug-likeness (QED) is 0.769. The third-order valence-corrected chi connectivity index (χ3v) is 5.91. The number of nitrogens with one attached hydrogen (secondary N) is 1. The average Bonchev–Trinajstić information content (AvgIpc) is 3.12. The molecular weight excluding hydrogens is 406 g/mol. The standard InChI is InChI=1S/C17H22BrN3O3S/c18-14-3-1-13(2-4-14)17(23)21-12-25-11-15(21)16(22)19-5-6-20-7-9-24-10-8-20/h1-4,15H,5-12H2,(H,19,22). The summed E-state index contributed by atoms with van der Waals surface area (Å²) >= 11 is 4.98. The van der Waals surface area contributed by atoms with E-state index in [-0.39, 0.29) is 11.8 Å². The molecule has 2 saturated heterocycles. The van der Waals surface area contributed by atoms with Crippen LogP contribution in [0.25, 0.3) is 0 Å². The van der Waals surface area contributed by atoms with Gasteiger partial charge < -0.3 is 15.0 Å². The molecular formula is C17H22BrN3O3S. The highest BCUT2D eigenvalue weighted by atomic mass is 79.9. The van der Waals surface area contributed by atoms with Crippen molar-refractivity contribution in [1.29, 1.82) is 0 Å². The maximum absolute atomic E-state index is 12.7. The van der Waals surface area contributed by atoms with E-state index >= 15 is 0 Å². The fraction of sp³-hybridized carbons (Fsp3) is 0.529. The van der Waals surface area contributed by atoms with Crippen molar-refractivity contribution in [2.45, 2.75) is 6.04 Å². The largest absolute Gasteiger partial charge is 0.379 e. The molecule has 2 fully saturated rings. The molecule has 0 spiro atoms. The van der Waals surface area contributed by atoms with Crippen molar-refractivity contribution in [3.8, 4) is 0 Å². The maximum Gasteiger partial charge on any atom is 0.255 e. The monoisotopic (exact) mass is 427 g/mol. The van der Waals surface area contributed by atoms with Crippen molar-refractivity contribution in [3.63, 3.8) is 0 Å². The summed E-state index contributed by atoms with van der Waals surface area (Å²) in [5, 5.41) is 2.98. The van der Waals surface area contributed by atoms with Crippen LogP contribution in [-0.2, 0) is 9.53 Å². The predicted octanol–water partition coefficient (Wildman–Crippen LogP) is 1.41. The molecule has 0 aromatic heterocycles. The number of hydrogen-bond donors (Lipinski definition) is 1. The molecule has 25 heavy (non-hydrogen) atoms. The van der Waals surface area contributed by atoms with Gasteiger partial charge in [0.15, 0.2) is 0 Å². The molecule has 3 rings (SSSR count). The van der Waals surface area contributed by atoms with E-state index in [1.807, 2.05) is 12.1 Å². The van der Waals surface area contributed by atoms with Crippen molar-refractivity contribution in [3.05, 3.63) is 34.3 Å². The van der Waals surface area contributed by atoms with Crippen molar-refractivity contribution in [2.24, 2.45) is 0 Å². The Kier molecular flexibility index (Phi) is 6.75. The van der Waals surface area contributed by atoms with E-state index in [9.17, 15) is 9.59 Å². The highest BCUT2D eigenvalue weighted by Gasteiger charge is 2.34. The Morgan fingerprint density at radius 2 is 1.96 bits per heavy atom. The number of amides is 2. The van der Waals surface area contributed by atoms with Crippen LogP contribution in [0.15, 0.2) is 28.7 Å². The number of hydrogen-bond acceptors (Lipinski definition) is 5. The van der Waals surface area contributed by atoms with Crippen molar-refractivity contribution in [1.82, 2.24) is 15.1 Å². The van der Waals surface area contributed by atoms with E-state index in [4.69, 9.17) is 4.74 Å². The lowest BCUT2D eigenvalue weighted by Crippen LogP contribution is -2.49. The van der Waals surface area contributed by atoms with Crippen LogP contribution in [0.5, 0.6) is 0 Å². The van der Waals surface area contributed by atoms with Gasteiger partial charge in [-0.3, -0.25) is 14.5 Å². The minimum absolute atomic E-state index is 0.0660. The molecule has 1 atom stereocenters. The third-order valence-electron chi connectivity index (χ3n) is 4.37. The molecule has 1 unspecified atom stereocenters. The van der Waals surface area contributed by atoms with E-state index in [0.717, 1.165) is 37.3 Å². The molecule has 2 aliphatic heterocycles. The minimum atomic E-state index is -0.397. The first-order valence-corrected chi connectivity index (χ1v) is 10.3. The Hall–Kier alpha value is -1.09. The van der Waals surface area contributed by atoms with Crippen LogP contribution in [0.4, 0.5) is 0 Å². The Bertz CT molecular complexity index is 608. The van der Waals surface area contributed by atoms with Gasteiger partial charge in [0.1, 0.15) is 6.04 Å². The summed E-state index contributed by atoms with van der Waals surface area (Å²) in [5.74, 6) is 1.04. The van der Waals surface area contributed by atoms with Gasteiger partial charge in [-0.1, -0.05) is 15.9 Å². The van der Waals surface area contributed by atoms with Crippen LogP contribution in [0.3, 0.4) is 0 Å². The Balaban J connectivity index is 1.52. The molecule has 6 nitrogen and oxygen atoms in total. The number of carbonyl (C=O) groups excluding carboxylic acids is 2. The van der Waals surface area contributed by atoms with Gasteiger partial charge in [0, 0.05) is 42.0 Å². The zero-order valence-electron chi connectivity index (χ0n) is 13.9. The van der Waals surface area contributed by atoms with Crippen LogP contribution in [-0.4, -0.2) is 78.7 Å². The normalized spacial score (nSPS) is 21.3. The molecule has 136 valence electrons. The number of ether oxygens (including phenoxy) is 1. The molecule has 2 heterocycles. The molecule has 1 aromatic rings. The number of rotatable bonds is 5. The summed E-state index contributed by atoms with van der Waals surface area (Å²) in [7, 11) is 0. The van der Waals surface area contributed by atoms with Gasteiger partial charge in [-0.05, 0) is 24.3 Å². The second-order valence-electron chi connectivity index (χ2n) is 6.04. The van der Waals surface area contributed by atoms with Gasteiger partial charge >= 0.3 is 0 Å². The molecule has 0 radical (unpaired) electrons. The van der Waals surface area contributed by atoms with Crippen molar-refractivity contribution >= 4 is 39.5 Å². The maximum atomic E-state index is 12.7. The fourth-order valence-electron chi connectivity index (χ4n) is 2.90. The first kappa shape index (κ1) is 18.7. The molecule has 1 aromatic carbocycles. The van der Waals surface area contributed by atoms with Gasteiger partial charge in [0.25, 0.3) is 5.91 Å². The van der Waals surface area contributed by atoms with E-state index in [1.165, 1.54) is 0 Å². The third kappa shape index (κ3) is 4.97. The topological polar surface area (TPSA) is 61.9 Å². The minimum Gasteiger partial charge on any atom is -0.379 e. The van der Waals surface area contributed by atoms with Crippen LogP contribution in [0.1, 0.15) is 10.4 Å². The molecule has 0 aliphatic carbocycles. The number of carbonyl (C=O) groups is 2. The predicted molar refractivity (Wildman–Crippen MR) is 102 cm³/mol. The van der Waals surface area contributed by atoms with Crippen LogP contribution in [0.2, 0.25) is 0 Å². The fourth-order valence-corrected chi connectivity index (χ4v) is 4.32. The van der Waals surface area contributed by atoms with E-state index in [1.54, 1.807) is 28.8 Å². The Morgan fingerprint density at radius 3 is 2.68 bits per heavy atom. The summed E-state index contributed by atoms with van der Waals surface area (Å²) in [6.45, 7) is 4.73. The van der Waals surface area contributed by atoms with Gasteiger partial charge in [0.05, 0.1) is 19.1 Å². The van der Waals surface area contributed by atoms with Gasteiger partial charge in [0.2, 0.25) is 5.91 Å². The zero-order chi connectivity index (χ0) is 17.6. The summed E-state index contributed by atoms with van der Waals surface area (Å²) in [6, 6.07) is 6.85. The van der Waals surface area contributed by atoms with Gasteiger partial charge in [-0.15, -0.1) is 11.8 Å². The van der Waals surface area contributed by atoms with Crippen LogP contribution >= 0.6 is 27.7 Å². The Morgan fingerprint density at radius 1 is 1.24 bits per heavy atom. The number of morpholine rings is 1. The molecule has 1 N–H and O–H groups in total. The van der Waals surface area contributed by atoms with Gasteiger partial charge in [-0.2, -0.15) is 0 Å². The summed E-state index contributed by atoms with van der Waals surface area (Å²) in [5.41, 5.74) is 0.608. The van der Waals surface area contributed by atoms with E-state index in [2.05, 4.69) is 26.1 Å². The summed E-state index contributed by atoms with van der Waals surface area (Å²) in [6.07, 6.45) is 0. The smallest absolute Gasteiger partial charge is 0.255 e. The molecule has 0 saturated carbocycles. The number of nitrogens with zero attached hydrogens (tertiary/aromatic N) is 2. The lowest BCUT2D eigenvalue weighted by atomic mass is 10.1. The van der Waals surface area contributed by atoms with Crippen LogP contribution in [0, 0.1) is 0 Å². The number of benzene rings is 1. The molecule has 8 heteroatoms. The second kappa shape index (κ2) is 9.02. The average molecular weight is 428 g/mol. The lowest BCUT2D eigenvalue weighted by molar-refractivity contribution is -0.124. The molecule has 2 aliphatic rings. The van der Waals surface area contributed by atoms with Gasteiger partial charge in [-0.25, -0.2) is 0 Å². The first-order valence-electron chi connectivity index (χ1n) is 8.37. The molecule has 2 amide bonds. The SMILES string of the molecule is O=C(NCCN1CCOCC1)C1CSCN1C(=O)c1ccc(Br)cc1. The van der Waals surface area contributed by atoms with Crippen LogP contribution < -0.4 is 5.32 Å². The zero-order valence-corrected chi connectivity index (χ0v) is 16.4. The van der Waals surface area contributed by atoms with Crippen molar-refractivity contribution in [2.75, 3.05) is 51.0 Å². The lowest BCUT2D eigenvalue weighted by Gasteiger charge is -2.27. The van der Waals surface area contributed by atoms with E-state index in [0.29, 0.717) is 23.7 Å². The summed E-state index contributed by atoms with van der Waals surface area (Å²) < 4.78 is 6.25. The second-order valence-corrected chi connectivity index (χ2v) is 7.96. The number of halogens is 1. The highest BCUT2D eigenvalue weighted by molar-refractivity contribution is 9.10. The first-order chi connectivity index (χ1) is 12.1. The number of thioether (sulfide) groups is 1. The van der Waals surface area contributed by atoms with E-state index < -0.39 is 6.04 Å².